The second-order valence-electron chi connectivity index (χ2n) is 5.83. The summed E-state index contributed by atoms with van der Waals surface area (Å²) in [6.07, 6.45) is 1.55. The summed E-state index contributed by atoms with van der Waals surface area (Å²) in [6, 6.07) is 9.35. The molecule has 2 N–H and O–H groups in total. The fourth-order valence-corrected chi connectivity index (χ4v) is 3.11. The molecule has 1 aliphatic rings. The minimum Gasteiger partial charge on any atom is -0.466 e. The van der Waals surface area contributed by atoms with Gasteiger partial charge in [-0.2, -0.15) is 0 Å². The largest absolute Gasteiger partial charge is 0.466 e. The van der Waals surface area contributed by atoms with Crippen LogP contribution in [0.15, 0.2) is 39.2 Å². The van der Waals surface area contributed by atoms with Crippen molar-refractivity contribution in [1.82, 2.24) is 10.9 Å². The quantitative estimate of drug-likeness (QED) is 0.808. The Morgan fingerprint density at radius 1 is 1.17 bits per heavy atom. The Labute approximate surface area is 142 Å². The lowest BCUT2D eigenvalue weighted by Crippen LogP contribution is -2.46. The van der Waals surface area contributed by atoms with Crippen LogP contribution in [0.3, 0.4) is 0 Å². The van der Waals surface area contributed by atoms with Crippen LogP contribution in [0.1, 0.15) is 40.3 Å². The lowest BCUT2D eigenvalue weighted by atomic mass is 9.95. The standard InChI is InChI=1S/C17H17BrN2O3/c1-10-8-14(11(2)23-10)15(21)19-20-16(22)17(6-7-17)12-4-3-5-13(18)9-12/h3-5,8-9H,6-7H2,1-2H3,(H,19,21)(H,20,22). The Balaban J connectivity index is 1.68. The molecule has 1 saturated carbocycles. The van der Waals surface area contributed by atoms with Crippen LogP contribution in [0.4, 0.5) is 0 Å². The first-order valence-corrected chi connectivity index (χ1v) is 8.15. The molecule has 5 nitrogen and oxygen atoms in total. The molecule has 120 valence electrons. The van der Waals surface area contributed by atoms with Crippen molar-refractivity contribution in [2.75, 3.05) is 0 Å². The van der Waals surface area contributed by atoms with Gasteiger partial charge < -0.3 is 4.42 Å². The van der Waals surface area contributed by atoms with Crippen LogP contribution in [0.25, 0.3) is 0 Å². The summed E-state index contributed by atoms with van der Waals surface area (Å²) < 4.78 is 6.26. The first-order chi connectivity index (χ1) is 10.9. The van der Waals surface area contributed by atoms with E-state index in [4.69, 9.17) is 4.42 Å². The van der Waals surface area contributed by atoms with Gasteiger partial charge in [0.2, 0.25) is 5.91 Å². The van der Waals surface area contributed by atoms with E-state index in [0.717, 1.165) is 22.9 Å². The molecule has 3 rings (SSSR count). The van der Waals surface area contributed by atoms with Crippen molar-refractivity contribution >= 4 is 27.7 Å². The molecule has 0 aliphatic heterocycles. The minimum atomic E-state index is -0.543. The van der Waals surface area contributed by atoms with Gasteiger partial charge in [0, 0.05) is 4.47 Å². The smallest absolute Gasteiger partial charge is 0.273 e. The summed E-state index contributed by atoms with van der Waals surface area (Å²) in [4.78, 5) is 24.6. The van der Waals surface area contributed by atoms with Gasteiger partial charge in [-0.1, -0.05) is 28.1 Å². The number of hydrogen-bond donors (Lipinski definition) is 2. The molecule has 2 aromatic rings. The van der Waals surface area contributed by atoms with Crippen LogP contribution in [-0.2, 0) is 10.2 Å². The molecule has 0 radical (unpaired) electrons. The molecule has 6 heteroatoms. The maximum Gasteiger partial charge on any atom is 0.273 e. The molecular formula is C17H17BrN2O3. The number of carbonyl (C=O) groups is 2. The number of amides is 2. The average Bonchev–Trinajstić information content (AvgIpc) is 3.25. The summed E-state index contributed by atoms with van der Waals surface area (Å²) in [5.74, 6) is 0.619. The predicted octanol–water partition coefficient (Wildman–Crippen LogP) is 3.15. The normalized spacial score (nSPS) is 15.1. The summed E-state index contributed by atoms with van der Waals surface area (Å²) in [5.41, 5.74) is 5.85. The third kappa shape index (κ3) is 3.03. The lowest BCUT2D eigenvalue weighted by Gasteiger charge is -2.16. The van der Waals surface area contributed by atoms with Gasteiger partial charge in [0.25, 0.3) is 5.91 Å². The predicted molar refractivity (Wildman–Crippen MR) is 88.8 cm³/mol. The Morgan fingerprint density at radius 2 is 1.91 bits per heavy atom. The maximum atomic E-state index is 12.5. The van der Waals surface area contributed by atoms with Crippen molar-refractivity contribution in [1.29, 1.82) is 0 Å². The third-order valence-electron chi connectivity index (χ3n) is 4.14. The topological polar surface area (TPSA) is 71.3 Å². The second-order valence-corrected chi connectivity index (χ2v) is 6.74. The first-order valence-electron chi connectivity index (χ1n) is 7.36. The van der Waals surface area contributed by atoms with Gasteiger partial charge in [-0.15, -0.1) is 0 Å². The number of benzene rings is 1. The first kappa shape index (κ1) is 15.8. The van der Waals surface area contributed by atoms with E-state index in [1.807, 2.05) is 24.3 Å². The molecule has 0 spiro atoms. The zero-order chi connectivity index (χ0) is 16.6. The van der Waals surface area contributed by atoms with Crippen molar-refractivity contribution in [3.63, 3.8) is 0 Å². The highest BCUT2D eigenvalue weighted by molar-refractivity contribution is 9.10. The zero-order valence-corrected chi connectivity index (χ0v) is 14.5. The van der Waals surface area contributed by atoms with E-state index in [0.29, 0.717) is 17.1 Å². The Bertz CT molecular complexity index is 778. The molecule has 1 aromatic carbocycles. The number of aryl methyl sites for hydroxylation is 2. The van der Waals surface area contributed by atoms with Gasteiger partial charge in [0.1, 0.15) is 11.5 Å². The minimum absolute atomic E-state index is 0.193. The van der Waals surface area contributed by atoms with Crippen LogP contribution in [0, 0.1) is 13.8 Å². The number of carbonyl (C=O) groups excluding carboxylic acids is 2. The number of hydrogen-bond acceptors (Lipinski definition) is 3. The molecule has 1 fully saturated rings. The van der Waals surface area contributed by atoms with Crippen molar-refractivity contribution in [3.05, 3.63) is 57.5 Å². The molecule has 1 aromatic heterocycles. The average molecular weight is 377 g/mol. The summed E-state index contributed by atoms with van der Waals surface area (Å²) >= 11 is 3.42. The molecular weight excluding hydrogens is 360 g/mol. The van der Waals surface area contributed by atoms with E-state index in [2.05, 4.69) is 26.8 Å². The lowest BCUT2D eigenvalue weighted by molar-refractivity contribution is -0.124. The third-order valence-corrected chi connectivity index (χ3v) is 4.63. The highest BCUT2D eigenvalue weighted by atomic mass is 79.9. The van der Waals surface area contributed by atoms with Crippen molar-refractivity contribution in [2.24, 2.45) is 0 Å². The monoisotopic (exact) mass is 376 g/mol. The van der Waals surface area contributed by atoms with Crippen molar-refractivity contribution < 1.29 is 14.0 Å². The summed E-state index contributed by atoms with van der Waals surface area (Å²) in [7, 11) is 0. The van der Waals surface area contributed by atoms with Gasteiger partial charge >= 0.3 is 0 Å². The zero-order valence-electron chi connectivity index (χ0n) is 12.9. The van der Waals surface area contributed by atoms with Gasteiger partial charge in [-0.05, 0) is 50.5 Å². The second kappa shape index (κ2) is 5.85. The molecule has 0 atom stereocenters. The van der Waals surface area contributed by atoms with Gasteiger partial charge in [-0.3, -0.25) is 20.4 Å². The molecule has 0 unspecified atom stereocenters. The molecule has 0 bridgehead atoms. The fourth-order valence-electron chi connectivity index (χ4n) is 2.71. The molecule has 1 heterocycles. The molecule has 23 heavy (non-hydrogen) atoms. The van der Waals surface area contributed by atoms with Crippen molar-refractivity contribution in [3.8, 4) is 0 Å². The van der Waals surface area contributed by atoms with E-state index >= 15 is 0 Å². The number of halogens is 1. The summed E-state index contributed by atoms with van der Waals surface area (Å²) in [5, 5.41) is 0. The summed E-state index contributed by atoms with van der Waals surface area (Å²) in [6.45, 7) is 3.49. The van der Waals surface area contributed by atoms with Crippen molar-refractivity contribution in [2.45, 2.75) is 32.1 Å². The number of hydrazine groups is 1. The number of furan rings is 1. The van der Waals surface area contributed by atoms with Crippen LogP contribution in [-0.4, -0.2) is 11.8 Å². The van der Waals surface area contributed by atoms with E-state index in [9.17, 15) is 9.59 Å². The van der Waals surface area contributed by atoms with E-state index in [1.54, 1.807) is 19.9 Å². The molecule has 1 aliphatic carbocycles. The SMILES string of the molecule is Cc1cc(C(=O)NNC(=O)C2(c3cccc(Br)c3)CC2)c(C)o1. The van der Waals surface area contributed by atoms with Gasteiger partial charge in [-0.25, -0.2) is 0 Å². The van der Waals surface area contributed by atoms with E-state index in [-0.39, 0.29) is 11.8 Å². The highest BCUT2D eigenvalue weighted by Gasteiger charge is 2.51. The van der Waals surface area contributed by atoms with E-state index < -0.39 is 5.41 Å². The van der Waals surface area contributed by atoms with E-state index in [1.165, 1.54) is 0 Å². The maximum absolute atomic E-state index is 12.5. The van der Waals surface area contributed by atoms with Crippen LogP contribution in [0.2, 0.25) is 0 Å². The Morgan fingerprint density at radius 3 is 2.48 bits per heavy atom. The number of rotatable bonds is 3. The highest BCUT2D eigenvalue weighted by Crippen LogP contribution is 2.48. The van der Waals surface area contributed by atoms with Gasteiger partial charge in [0.15, 0.2) is 0 Å². The molecule has 2 amide bonds. The number of nitrogens with one attached hydrogen (secondary N) is 2. The van der Waals surface area contributed by atoms with Crippen LogP contribution in [0.5, 0.6) is 0 Å². The Hall–Kier alpha value is -2.08. The Kier molecular flexibility index (Phi) is 4.02. The fraction of sp³-hybridized carbons (Fsp3) is 0.294. The van der Waals surface area contributed by atoms with Gasteiger partial charge in [0.05, 0.1) is 11.0 Å². The molecule has 0 saturated heterocycles. The van der Waals surface area contributed by atoms with Crippen LogP contribution < -0.4 is 10.9 Å². The van der Waals surface area contributed by atoms with Crippen LogP contribution >= 0.6 is 15.9 Å².